The smallest absolute Gasteiger partial charge is 0.171 e. The Labute approximate surface area is 106 Å². The summed E-state index contributed by atoms with van der Waals surface area (Å²) in [5.41, 5.74) is 0.196. The molecule has 0 aliphatic rings. The lowest BCUT2D eigenvalue weighted by atomic mass is 10.1. The zero-order valence-electron chi connectivity index (χ0n) is 9.03. The predicted octanol–water partition coefficient (Wildman–Crippen LogP) is 2.83. The van der Waals surface area contributed by atoms with Gasteiger partial charge in [-0.2, -0.15) is 5.10 Å². The van der Waals surface area contributed by atoms with Gasteiger partial charge in [0.1, 0.15) is 11.6 Å². The van der Waals surface area contributed by atoms with Crippen LogP contribution >= 0.6 is 11.6 Å². The molecule has 0 spiro atoms. The number of hydrogen-bond acceptors (Lipinski definition) is 3. The van der Waals surface area contributed by atoms with Crippen molar-refractivity contribution in [3.63, 3.8) is 0 Å². The van der Waals surface area contributed by atoms with Gasteiger partial charge in [0.05, 0.1) is 17.7 Å². The van der Waals surface area contributed by atoms with E-state index in [1.165, 1.54) is 12.1 Å². The van der Waals surface area contributed by atoms with Crippen molar-refractivity contribution in [3.8, 4) is 0 Å². The molecule has 3 nitrogen and oxygen atoms in total. The number of carbonyl (C=O) groups is 1. The number of nitrogens with zero attached hydrogens (tertiary/aromatic N) is 2. The predicted molar refractivity (Wildman–Crippen MR) is 61.4 cm³/mol. The average Bonchev–Trinajstić information content (AvgIpc) is 2.32. The number of carbonyl (C=O) groups excluding carboxylic acids is 1. The number of ketones is 1. The molecular weight excluding hydrogens is 262 g/mol. The molecule has 0 saturated carbocycles. The van der Waals surface area contributed by atoms with Crippen LogP contribution in [0, 0.1) is 11.6 Å². The van der Waals surface area contributed by atoms with Crippen LogP contribution in [0.3, 0.4) is 0 Å². The van der Waals surface area contributed by atoms with Gasteiger partial charge in [-0.05, 0) is 24.3 Å². The molecule has 0 atom stereocenters. The number of benzene rings is 1. The Balaban J connectivity index is 2.19. The number of rotatable bonds is 3. The minimum Gasteiger partial charge on any atom is -0.294 e. The van der Waals surface area contributed by atoms with Gasteiger partial charge in [0.25, 0.3) is 0 Å². The molecule has 18 heavy (non-hydrogen) atoms. The van der Waals surface area contributed by atoms with E-state index in [1.54, 1.807) is 0 Å². The molecule has 0 unspecified atom stereocenters. The Kier molecular flexibility index (Phi) is 3.62. The highest BCUT2D eigenvalue weighted by molar-refractivity contribution is 6.29. The van der Waals surface area contributed by atoms with E-state index in [2.05, 4.69) is 10.2 Å². The van der Waals surface area contributed by atoms with Gasteiger partial charge in [-0.25, -0.2) is 8.78 Å². The van der Waals surface area contributed by atoms with Crippen LogP contribution in [-0.4, -0.2) is 16.0 Å². The molecule has 1 heterocycles. The monoisotopic (exact) mass is 268 g/mol. The van der Waals surface area contributed by atoms with Gasteiger partial charge in [-0.1, -0.05) is 11.6 Å². The van der Waals surface area contributed by atoms with Crippen LogP contribution < -0.4 is 0 Å². The maximum atomic E-state index is 13.3. The Morgan fingerprint density at radius 2 is 1.94 bits per heavy atom. The summed E-state index contributed by atoms with van der Waals surface area (Å²) in [6.45, 7) is 0. The third-order valence-corrected chi connectivity index (χ3v) is 2.46. The number of aromatic nitrogens is 2. The molecule has 92 valence electrons. The van der Waals surface area contributed by atoms with Gasteiger partial charge in [-0.15, -0.1) is 5.10 Å². The zero-order valence-corrected chi connectivity index (χ0v) is 9.79. The zero-order chi connectivity index (χ0) is 13.1. The summed E-state index contributed by atoms with van der Waals surface area (Å²) in [5.74, 6) is -2.11. The Bertz CT molecular complexity index is 587. The summed E-state index contributed by atoms with van der Waals surface area (Å²) < 4.78 is 26.0. The van der Waals surface area contributed by atoms with Gasteiger partial charge in [0.2, 0.25) is 0 Å². The van der Waals surface area contributed by atoms with Crippen molar-refractivity contribution in [1.82, 2.24) is 10.2 Å². The van der Waals surface area contributed by atoms with Crippen molar-refractivity contribution >= 4 is 17.4 Å². The summed E-state index contributed by atoms with van der Waals surface area (Å²) in [7, 11) is 0. The molecule has 0 aliphatic carbocycles. The molecule has 2 rings (SSSR count). The number of hydrogen-bond donors (Lipinski definition) is 0. The number of halogens is 3. The molecule has 0 N–H and O–H groups in total. The van der Waals surface area contributed by atoms with E-state index in [0.717, 1.165) is 12.1 Å². The van der Waals surface area contributed by atoms with Gasteiger partial charge in [-0.3, -0.25) is 4.79 Å². The Morgan fingerprint density at radius 1 is 1.17 bits per heavy atom. The SMILES string of the molecule is O=C(Cc1ccc(Cl)nn1)c1ccc(F)cc1F. The second-order valence-corrected chi connectivity index (χ2v) is 3.96. The lowest BCUT2D eigenvalue weighted by Crippen LogP contribution is -2.08. The van der Waals surface area contributed by atoms with Crippen molar-refractivity contribution in [3.05, 3.63) is 58.4 Å². The average molecular weight is 269 g/mol. The van der Waals surface area contributed by atoms with E-state index in [0.29, 0.717) is 11.8 Å². The fourth-order valence-corrected chi connectivity index (χ4v) is 1.51. The van der Waals surface area contributed by atoms with E-state index in [9.17, 15) is 13.6 Å². The van der Waals surface area contributed by atoms with Crippen molar-refractivity contribution < 1.29 is 13.6 Å². The maximum absolute atomic E-state index is 13.3. The second kappa shape index (κ2) is 5.18. The third-order valence-electron chi connectivity index (χ3n) is 2.26. The van der Waals surface area contributed by atoms with Crippen LogP contribution in [0.1, 0.15) is 16.1 Å². The highest BCUT2D eigenvalue weighted by atomic mass is 35.5. The topological polar surface area (TPSA) is 42.9 Å². The molecule has 2 aromatic rings. The first-order valence-electron chi connectivity index (χ1n) is 5.02. The summed E-state index contributed by atoms with van der Waals surface area (Å²) in [5, 5.41) is 7.47. The highest BCUT2D eigenvalue weighted by Crippen LogP contribution is 2.12. The molecule has 0 aliphatic heterocycles. The quantitative estimate of drug-likeness (QED) is 0.804. The molecule has 0 amide bonds. The minimum atomic E-state index is -0.887. The van der Waals surface area contributed by atoms with E-state index in [4.69, 9.17) is 11.6 Å². The van der Waals surface area contributed by atoms with Crippen molar-refractivity contribution in [2.75, 3.05) is 0 Å². The lowest BCUT2D eigenvalue weighted by molar-refractivity contribution is 0.0987. The third kappa shape index (κ3) is 2.87. The van der Waals surface area contributed by atoms with Crippen LogP contribution in [0.15, 0.2) is 30.3 Å². The van der Waals surface area contributed by atoms with E-state index >= 15 is 0 Å². The summed E-state index contributed by atoms with van der Waals surface area (Å²) >= 11 is 5.55. The van der Waals surface area contributed by atoms with Crippen LogP contribution in [0.5, 0.6) is 0 Å². The fourth-order valence-electron chi connectivity index (χ4n) is 1.41. The van der Waals surface area contributed by atoms with Crippen LogP contribution in [0.2, 0.25) is 5.15 Å². The maximum Gasteiger partial charge on any atom is 0.171 e. The van der Waals surface area contributed by atoms with Crippen molar-refractivity contribution in [1.29, 1.82) is 0 Å². The summed E-state index contributed by atoms with van der Waals surface area (Å²) in [4.78, 5) is 11.8. The first-order chi connectivity index (χ1) is 8.56. The molecule has 6 heteroatoms. The second-order valence-electron chi connectivity index (χ2n) is 3.57. The van der Waals surface area contributed by atoms with Crippen LogP contribution in [-0.2, 0) is 6.42 Å². The minimum absolute atomic E-state index is 0.118. The van der Waals surface area contributed by atoms with Gasteiger partial charge in [0, 0.05) is 6.07 Å². The van der Waals surface area contributed by atoms with E-state index in [-0.39, 0.29) is 17.1 Å². The molecule has 0 bridgehead atoms. The lowest BCUT2D eigenvalue weighted by Gasteiger charge is -2.02. The standard InChI is InChI=1S/C12H7ClF2N2O/c13-12-4-2-8(16-17-12)6-11(18)9-3-1-7(14)5-10(9)15/h1-5H,6H2. The summed E-state index contributed by atoms with van der Waals surface area (Å²) in [6.07, 6.45) is -0.118. The molecule has 1 aromatic heterocycles. The van der Waals surface area contributed by atoms with Gasteiger partial charge >= 0.3 is 0 Å². The first kappa shape index (κ1) is 12.6. The van der Waals surface area contributed by atoms with Crippen LogP contribution in [0.25, 0.3) is 0 Å². The fraction of sp³-hybridized carbons (Fsp3) is 0.0833. The Hall–Kier alpha value is -1.88. The van der Waals surface area contributed by atoms with Crippen molar-refractivity contribution in [2.45, 2.75) is 6.42 Å². The summed E-state index contributed by atoms with van der Waals surface area (Å²) in [6, 6.07) is 5.81. The molecule has 1 aromatic carbocycles. The van der Waals surface area contributed by atoms with Gasteiger partial charge in [0.15, 0.2) is 10.9 Å². The first-order valence-corrected chi connectivity index (χ1v) is 5.40. The van der Waals surface area contributed by atoms with E-state index in [1.807, 2.05) is 0 Å². The van der Waals surface area contributed by atoms with Crippen LogP contribution in [0.4, 0.5) is 8.78 Å². The van der Waals surface area contributed by atoms with Crippen molar-refractivity contribution in [2.24, 2.45) is 0 Å². The molecular formula is C12H7ClF2N2O. The Morgan fingerprint density at radius 3 is 2.56 bits per heavy atom. The van der Waals surface area contributed by atoms with Gasteiger partial charge < -0.3 is 0 Å². The molecule has 0 fully saturated rings. The highest BCUT2D eigenvalue weighted by Gasteiger charge is 2.13. The largest absolute Gasteiger partial charge is 0.294 e. The molecule has 0 saturated heterocycles. The van der Waals surface area contributed by atoms with E-state index < -0.39 is 17.4 Å². The molecule has 0 radical (unpaired) electrons. The number of Topliss-reactive ketones (excluding diaryl/α,β-unsaturated/α-hetero) is 1. The normalized spacial score (nSPS) is 10.4.